The third kappa shape index (κ3) is 3.25. The minimum atomic E-state index is 0.675. The van der Waals surface area contributed by atoms with E-state index in [1.54, 1.807) is 4.88 Å². The second kappa shape index (κ2) is 7.04. The van der Waals surface area contributed by atoms with Crippen LogP contribution in [-0.2, 0) is 6.42 Å². The number of hydrogen-bond donors (Lipinski definition) is 1. The maximum Gasteiger partial charge on any atom is 0.0962 e. The van der Waals surface area contributed by atoms with Crippen molar-refractivity contribution < 1.29 is 0 Å². The van der Waals surface area contributed by atoms with E-state index in [0.717, 1.165) is 19.0 Å². The number of nitrogens with zero attached hydrogens (tertiary/aromatic N) is 1. The molecule has 0 amide bonds. The van der Waals surface area contributed by atoms with E-state index in [2.05, 4.69) is 12.2 Å². The van der Waals surface area contributed by atoms with Crippen LogP contribution in [0.3, 0.4) is 0 Å². The average Bonchev–Trinajstić information content (AvgIpc) is 2.72. The Labute approximate surface area is 127 Å². The molecule has 2 aliphatic carbocycles. The van der Waals surface area contributed by atoms with Crippen molar-refractivity contribution in [1.82, 2.24) is 10.3 Å². The van der Waals surface area contributed by atoms with Gasteiger partial charge in [-0.2, -0.15) is 0 Å². The smallest absolute Gasteiger partial charge is 0.0962 e. The normalized spacial score (nSPS) is 24.4. The first-order valence-corrected chi connectivity index (χ1v) is 9.40. The summed E-state index contributed by atoms with van der Waals surface area (Å²) in [6.07, 6.45) is 12.4. The SMILES string of the molecule is CCNCC1CCCc2sc(C3CCCCCC3)nc21. The lowest BCUT2D eigenvalue weighted by atomic mass is 9.91. The molecule has 1 saturated carbocycles. The van der Waals surface area contributed by atoms with Crippen LogP contribution in [0, 0.1) is 0 Å². The van der Waals surface area contributed by atoms with Crippen molar-refractivity contribution in [3.05, 3.63) is 15.6 Å². The number of aromatic nitrogens is 1. The van der Waals surface area contributed by atoms with Gasteiger partial charge in [0.15, 0.2) is 0 Å². The summed E-state index contributed by atoms with van der Waals surface area (Å²) in [5, 5.41) is 4.99. The van der Waals surface area contributed by atoms with Gasteiger partial charge < -0.3 is 5.32 Å². The monoisotopic (exact) mass is 292 g/mol. The predicted molar refractivity (Wildman–Crippen MR) is 86.8 cm³/mol. The molecule has 2 nitrogen and oxygen atoms in total. The van der Waals surface area contributed by atoms with Gasteiger partial charge in [0.25, 0.3) is 0 Å². The summed E-state index contributed by atoms with van der Waals surface area (Å²) >= 11 is 2.05. The molecule has 0 aliphatic heterocycles. The number of thiazole rings is 1. The Morgan fingerprint density at radius 1 is 1.10 bits per heavy atom. The second-order valence-electron chi connectivity index (χ2n) is 6.45. The summed E-state index contributed by atoms with van der Waals surface area (Å²) in [6.45, 7) is 4.39. The van der Waals surface area contributed by atoms with Crippen molar-refractivity contribution >= 4 is 11.3 Å². The van der Waals surface area contributed by atoms with Crippen LogP contribution in [0.5, 0.6) is 0 Å². The zero-order valence-electron chi connectivity index (χ0n) is 12.8. The Morgan fingerprint density at radius 3 is 2.65 bits per heavy atom. The van der Waals surface area contributed by atoms with Crippen molar-refractivity contribution in [2.24, 2.45) is 0 Å². The minimum Gasteiger partial charge on any atom is -0.316 e. The fourth-order valence-electron chi connectivity index (χ4n) is 3.74. The van der Waals surface area contributed by atoms with Gasteiger partial charge in [-0.1, -0.05) is 32.6 Å². The van der Waals surface area contributed by atoms with Crippen molar-refractivity contribution in [3.8, 4) is 0 Å². The van der Waals surface area contributed by atoms with Crippen LogP contribution >= 0.6 is 11.3 Å². The van der Waals surface area contributed by atoms with Crippen molar-refractivity contribution in [3.63, 3.8) is 0 Å². The van der Waals surface area contributed by atoms with E-state index in [1.165, 1.54) is 68.5 Å². The fraction of sp³-hybridized carbons (Fsp3) is 0.824. The molecule has 1 fully saturated rings. The Kier molecular flexibility index (Phi) is 5.11. The van der Waals surface area contributed by atoms with E-state index in [0.29, 0.717) is 5.92 Å². The minimum absolute atomic E-state index is 0.675. The van der Waals surface area contributed by atoms with Crippen LogP contribution in [0.2, 0.25) is 0 Å². The van der Waals surface area contributed by atoms with Crippen LogP contribution in [0.1, 0.15) is 85.7 Å². The van der Waals surface area contributed by atoms with Gasteiger partial charge in [-0.15, -0.1) is 11.3 Å². The van der Waals surface area contributed by atoms with Gasteiger partial charge in [0.1, 0.15) is 0 Å². The van der Waals surface area contributed by atoms with Crippen LogP contribution in [-0.4, -0.2) is 18.1 Å². The highest BCUT2D eigenvalue weighted by atomic mass is 32.1. The summed E-state index contributed by atoms with van der Waals surface area (Å²) in [5.41, 5.74) is 1.46. The molecule has 0 spiro atoms. The zero-order chi connectivity index (χ0) is 13.8. The van der Waals surface area contributed by atoms with Crippen LogP contribution in [0.4, 0.5) is 0 Å². The molecule has 1 aromatic rings. The van der Waals surface area contributed by atoms with E-state index >= 15 is 0 Å². The first kappa shape index (κ1) is 14.5. The van der Waals surface area contributed by atoms with Gasteiger partial charge in [-0.3, -0.25) is 0 Å². The lowest BCUT2D eigenvalue weighted by Gasteiger charge is -2.21. The molecule has 0 radical (unpaired) electrons. The summed E-state index contributed by atoms with van der Waals surface area (Å²) < 4.78 is 0. The van der Waals surface area contributed by atoms with Gasteiger partial charge in [0, 0.05) is 23.3 Å². The molecule has 0 saturated heterocycles. The molecular formula is C17H28N2S. The highest BCUT2D eigenvalue weighted by Crippen LogP contribution is 2.40. The van der Waals surface area contributed by atoms with Crippen molar-refractivity contribution in [2.75, 3.05) is 13.1 Å². The fourth-order valence-corrected chi connectivity index (χ4v) is 5.11. The van der Waals surface area contributed by atoms with Gasteiger partial charge >= 0.3 is 0 Å². The summed E-state index contributed by atoms with van der Waals surface area (Å²) in [4.78, 5) is 6.74. The number of hydrogen-bond acceptors (Lipinski definition) is 3. The van der Waals surface area contributed by atoms with Gasteiger partial charge in [0.2, 0.25) is 0 Å². The first-order chi connectivity index (χ1) is 9.88. The largest absolute Gasteiger partial charge is 0.316 e. The highest BCUT2D eigenvalue weighted by molar-refractivity contribution is 7.11. The number of aryl methyl sites for hydroxylation is 1. The Morgan fingerprint density at radius 2 is 1.90 bits per heavy atom. The first-order valence-electron chi connectivity index (χ1n) is 8.58. The number of likely N-dealkylation sites (N-methyl/N-ethyl adjacent to an activating group) is 1. The maximum absolute atomic E-state index is 5.13. The van der Waals surface area contributed by atoms with E-state index in [1.807, 2.05) is 11.3 Å². The van der Waals surface area contributed by atoms with Crippen LogP contribution in [0.15, 0.2) is 0 Å². The summed E-state index contributed by atoms with van der Waals surface area (Å²) in [7, 11) is 0. The zero-order valence-corrected chi connectivity index (χ0v) is 13.6. The summed E-state index contributed by atoms with van der Waals surface area (Å²) in [6, 6.07) is 0. The topological polar surface area (TPSA) is 24.9 Å². The Hall–Kier alpha value is -0.410. The van der Waals surface area contributed by atoms with E-state index in [4.69, 9.17) is 4.98 Å². The average molecular weight is 292 g/mol. The van der Waals surface area contributed by atoms with Crippen LogP contribution in [0.25, 0.3) is 0 Å². The number of fused-ring (bicyclic) bond motifs is 1. The standard InChI is InChI=1S/C17H28N2S/c1-2-18-12-14-10-7-11-15-16(14)19-17(20-15)13-8-5-3-4-6-9-13/h13-14,18H,2-12H2,1H3. The van der Waals surface area contributed by atoms with Crippen molar-refractivity contribution in [2.45, 2.75) is 76.5 Å². The lowest BCUT2D eigenvalue weighted by molar-refractivity contribution is 0.505. The molecule has 1 heterocycles. The molecule has 0 bridgehead atoms. The van der Waals surface area contributed by atoms with E-state index in [-0.39, 0.29) is 0 Å². The molecule has 1 unspecified atom stereocenters. The quantitative estimate of drug-likeness (QED) is 0.820. The predicted octanol–water partition coefficient (Wildman–Crippen LogP) is 4.61. The Balaban J connectivity index is 1.75. The van der Waals surface area contributed by atoms with Gasteiger partial charge in [-0.05, 0) is 38.6 Å². The van der Waals surface area contributed by atoms with E-state index in [9.17, 15) is 0 Å². The van der Waals surface area contributed by atoms with Crippen molar-refractivity contribution in [1.29, 1.82) is 0 Å². The molecule has 112 valence electrons. The molecule has 2 aliphatic rings. The molecule has 0 aromatic carbocycles. The van der Waals surface area contributed by atoms with E-state index < -0.39 is 0 Å². The lowest BCUT2D eigenvalue weighted by Crippen LogP contribution is -2.24. The molecule has 20 heavy (non-hydrogen) atoms. The highest BCUT2D eigenvalue weighted by Gasteiger charge is 2.27. The molecular weight excluding hydrogens is 264 g/mol. The molecule has 1 aromatic heterocycles. The number of nitrogens with one attached hydrogen (secondary N) is 1. The molecule has 1 atom stereocenters. The maximum atomic E-state index is 5.13. The molecule has 3 rings (SSSR count). The third-order valence-electron chi connectivity index (χ3n) is 4.93. The third-order valence-corrected chi connectivity index (χ3v) is 6.23. The molecule has 1 N–H and O–H groups in total. The summed E-state index contributed by atoms with van der Waals surface area (Å²) in [5.74, 6) is 1.45. The van der Waals surface area contributed by atoms with Gasteiger partial charge in [-0.25, -0.2) is 4.98 Å². The van der Waals surface area contributed by atoms with Gasteiger partial charge in [0.05, 0.1) is 10.7 Å². The Bertz CT molecular complexity index is 419. The van der Waals surface area contributed by atoms with Crippen LogP contribution < -0.4 is 5.32 Å². The second-order valence-corrected chi connectivity index (χ2v) is 7.56. The molecule has 3 heteroatoms. The number of rotatable bonds is 4.